The molecular formula is C4H8ClO3P. The molecule has 0 N–H and O–H groups in total. The summed E-state index contributed by atoms with van der Waals surface area (Å²) >= 11 is 5.14. The molecule has 0 amide bonds. The van der Waals surface area contributed by atoms with Gasteiger partial charge in [-0.1, -0.05) is 0 Å². The van der Waals surface area contributed by atoms with E-state index in [0.29, 0.717) is 0 Å². The fraction of sp³-hybridized carbons (Fsp3) is 0.750. The number of halogens is 1. The lowest BCUT2D eigenvalue weighted by molar-refractivity contribution is 0.179. The second kappa shape index (κ2) is 3.23. The summed E-state index contributed by atoms with van der Waals surface area (Å²) in [5, 5.41) is 0. The number of hydrogen-bond acceptors (Lipinski definition) is 3. The normalized spacial score (nSPS) is 16.3. The second-order valence-corrected chi connectivity index (χ2v) is 5.46. The summed E-state index contributed by atoms with van der Waals surface area (Å²) in [6, 6.07) is 0. The minimum Gasteiger partial charge on any atom is -0.460 e. The van der Waals surface area contributed by atoms with E-state index in [2.05, 4.69) is 4.74 Å². The summed E-state index contributed by atoms with van der Waals surface area (Å²) in [4.78, 5) is 10.4. The van der Waals surface area contributed by atoms with E-state index in [-0.39, 0.29) is 6.61 Å². The van der Waals surface area contributed by atoms with Gasteiger partial charge >= 0.3 is 5.71 Å². The first-order chi connectivity index (χ1) is 3.98. The van der Waals surface area contributed by atoms with Crippen LogP contribution in [0.25, 0.3) is 0 Å². The lowest BCUT2D eigenvalue weighted by Crippen LogP contribution is -1.97. The maximum Gasteiger partial charge on any atom is 0.379 e. The van der Waals surface area contributed by atoms with E-state index in [4.69, 9.17) is 11.2 Å². The summed E-state index contributed by atoms with van der Waals surface area (Å²) in [5.74, 6) is 0. The van der Waals surface area contributed by atoms with Crippen LogP contribution in [0, 0.1) is 0 Å². The third kappa shape index (κ3) is 3.55. The Labute approximate surface area is 58.5 Å². The van der Waals surface area contributed by atoms with E-state index in [0.717, 1.165) is 6.66 Å². The number of carbonyl (C=O) groups is 1. The van der Waals surface area contributed by atoms with Gasteiger partial charge in [0.2, 0.25) is 0 Å². The topological polar surface area (TPSA) is 43.4 Å². The molecule has 0 radical (unpaired) electrons. The highest BCUT2D eigenvalue weighted by Gasteiger charge is 2.23. The molecule has 0 aromatic carbocycles. The highest BCUT2D eigenvalue weighted by Crippen LogP contribution is 2.48. The van der Waals surface area contributed by atoms with Gasteiger partial charge < -0.3 is 4.74 Å². The van der Waals surface area contributed by atoms with Crippen molar-refractivity contribution in [2.45, 2.75) is 6.92 Å². The Morgan fingerprint density at radius 1 is 1.78 bits per heavy atom. The predicted molar refractivity (Wildman–Crippen MR) is 36.4 cm³/mol. The zero-order valence-electron chi connectivity index (χ0n) is 5.26. The average molecular weight is 171 g/mol. The van der Waals surface area contributed by atoms with Crippen LogP contribution in [0.3, 0.4) is 0 Å². The van der Waals surface area contributed by atoms with Crippen LogP contribution in [-0.2, 0) is 9.30 Å². The minimum atomic E-state index is -3.16. The average Bonchev–Trinajstić information content (AvgIpc) is 1.64. The SMILES string of the molecule is CCOC(=O)P(C)(=O)Cl. The van der Waals surface area contributed by atoms with Crippen LogP contribution in [0.15, 0.2) is 0 Å². The number of hydrogen-bond donors (Lipinski definition) is 0. The minimum absolute atomic E-state index is 0.212. The van der Waals surface area contributed by atoms with Crippen molar-refractivity contribution in [3.8, 4) is 0 Å². The molecule has 5 heteroatoms. The number of ether oxygens (including phenoxy) is 1. The van der Waals surface area contributed by atoms with Crippen LogP contribution in [-0.4, -0.2) is 19.0 Å². The Morgan fingerprint density at radius 2 is 2.22 bits per heavy atom. The predicted octanol–water partition coefficient (Wildman–Crippen LogP) is 2.29. The van der Waals surface area contributed by atoms with Gasteiger partial charge in [0.1, 0.15) is 0 Å². The Bertz CT molecular complexity index is 150. The van der Waals surface area contributed by atoms with Crippen molar-refractivity contribution in [3.05, 3.63) is 0 Å². The molecule has 0 aliphatic carbocycles. The Morgan fingerprint density at radius 3 is 2.33 bits per heavy atom. The molecule has 0 heterocycles. The van der Waals surface area contributed by atoms with Crippen molar-refractivity contribution in [2.24, 2.45) is 0 Å². The maximum absolute atomic E-state index is 10.6. The smallest absolute Gasteiger partial charge is 0.379 e. The molecule has 0 aromatic heterocycles. The number of rotatable bonds is 2. The molecule has 3 nitrogen and oxygen atoms in total. The molecule has 0 saturated carbocycles. The van der Waals surface area contributed by atoms with Crippen LogP contribution in [0.4, 0.5) is 4.79 Å². The number of carbonyl (C=O) groups excluding carboxylic acids is 1. The molecular weight excluding hydrogens is 162 g/mol. The fourth-order valence-corrected chi connectivity index (χ4v) is 0.745. The summed E-state index contributed by atoms with van der Waals surface area (Å²) in [5.41, 5.74) is -0.813. The molecule has 0 rings (SSSR count). The van der Waals surface area contributed by atoms with Gasteiger partial charge in [-0.25, -0.2) is 4.79 Å². The fourth-order valence-electron chi connectivity index (χ4n) is 0.239. The van der Waals surface area contributed by atoms with Gasteiger partial charge in [0.05, 0.1) is 6.61 Å². The van der Waals surface area contributed by atoms with Gasteiger partial charge in [-0.2, -0.15) is 0 Å². The Kier molecular flexibility index (Phi) is 3.23. The Balaban J connectivity index is 3.90. The third-order valence-corrected chi connectivity index (χ3v) is 1.79. The van der Waals surface area contributed by atoms with Gasteiger partial charge in [-0.3, -0.25) is 4.57 Å². The molecule has 0 fully saturated rings. The van der Waals surface area contributed by atoms with E-state index >= 15 is 0 Å². The quantitative estimate of drug-likeness (QED) is 0.597. The second-order valence-electron chi connectivity index (χ2n) is 1.52. The van der Waals surface area contributed by atoms with Gasteiger partial charge in [0.25, 0.3) is 6.49 Å². The molecule has 0 saturated heterocycles. The van der Waals surface area contributed by atoms with E-state index in [9.17, 15) is 9.36 Å². The molecule has 1 unspecified atom stereocenters. The van der Waals surface area contributed by atoms with Crippen molar-refractivity contribution < 1.29 is 14.1 Å². The molecule has 0 aliphatic heterocycles. The molecule has 0 spiro atoms. The highest BCUT2D eigenvalue weighted by atomic mass is 35.7. The van der Waals surface area contributed by atoms with Crippen LogP contribution < -0.4 is 0 Å². The first kappa shape index (κ1) is 8.99. The maximum atomic E-state index is 10.6. The molecule has 0 aromatic rings. The first-order valence-corrected chi connectivity index (χ1v) is 5.49. The van der Waals surface area contributed by atoms with Gasteiger partial charge in [-0.15, -0.1) is 0 Å². The molecule has 0 bridgehead atoms. The lowest BCUT2D eigenvalue weighted by atomic mass is 10.9. The summed E-state index contributed by atoms with van der Waals surface area (Å²) < 4.78 is 15.0. The van der Waals surface area contributed by atoms with E-state index in [1.54, 1.807) is 6.92 Å². The van der Waals surface area contributed by atoms with Crippen molar-refractivity contribution in [3.63, 3.8) is 0 Å². The molecule has 9 heavy (non-hydrogen) atoms. The van der Waals surface area contributed by atoms with E-state index < -0.39 is 12.2 Å². The van der Waals surface area contributed by atoms with Gasteiger partial charge in [-0.05, 0) is 18.2 Å². The summed E-state index contributed by atoms with van der Waals surface area (Å²) in [6.45, 7) is -0.162. The molecule has 0 aliphatic rings. The summed E-state index contributed by atoms with van der Waals surface area (Å²) in [7, 11) is 0. The summed E-state index contributed by atoms with van der Waals surface area (Å²) in [6.07, 6.45) is 0. The van der Waals surface area contributed by atoms with Crippen LogP contribution >= 0.6 is 17.7 Å². The van der Waals surface area contributed by atoms with Gasteiger partial charge in [0.15, 0.2) is 0 Å². The van der Waals surface area contributed by atoms with E-state index in [1.165, 1.54) is 0 Å². The third-order valence-electron chi connectivity index (χ3n) is 0.594. The molecule has 54 valence electrons. The van der Waals surface area contributed by atoms with Gasteiger partial charge in [0, 0.05) is 6.66 Å². The van der Waals surface area contributed by atoms with Crippen LogP contribution in [0.1, 0.15) is 6.92 Å². The van der Waals surface area contributed by atoms with Crippen LogP contribution in [0.5, 0.6) is 0 Å². The van der Waals surface area contributed by atoms with Crippen molar-refractivity contribution >= 4 is 23.4 Å². The van der Waals surface area contributed by atoms with Crippen molar-refractivity contribution in [1.29, 1.82) is 0 Å². The van der Waals surface area contributed by atoms with Crippen molar-refractivity contribution in [2.75, 3.05) is 13.3 Å². The highest BCUT2D eigenvalue weighted by molar-refractivity contribution is 8.00. The first-order valence-electron chi connectivity index (χ1n) is 2.43. The van der Waals surface area contributed by atoms with E-state index in [1.807, 2.05) is 0 Å². The van der Waals surface area contributed by atoms with Crippen LogP contribution in [0.2, 0.25) is 0 Å². The standard InChI is InChI=1S/C4H8ClO3P/c1-3-8-4(6)9(2,5)7/h3H2,1-2H3. The molecule has 1 atom stereocenters. The monoisotopic (exact) mass is 170 g/mol. The largest absolute Gasteiger partial charge is 0.460 e. The van der Waals surface area contributed by atoms with Crippen molar-refractivity contribution in [1.82, 2.24) is 0 Å². The zero-order valence-corrected chi connectivity index (χ0v) is 6.91. The Hall–Kier alpha value is -0.0100. The zero-order chi connectivity index (χ0) is 7.49. The lowest BCUT2D eigenvalue weighted by Gasteiger charge is -2.01.